The van der Waals surface area contributed by atoms with E-state index in [-0.39, 0.29) is 54.7 Å². The van der Waals surface area contributed by atoms with Crippen molar-refractivity contribution in [1.82, 2.24) is 4.90 Å². The lowest BCUT2D eigenvalue weighted by atomic mass is 9.70. The first-order valence-electron chi connectivity index (χ1n) is 14.3. The van der Waals surface area contributed by atoms with Gasteiger partial charge in [-0.3, -0.25) is 9.59 Å². The van der Waals surface area contributed by atoms with Crippen molar-refractivity contribution < 1.29 is 53.1 Å². The number of likely N-dealkylation sites (tertiary alicyclic amines) is 1. The molecule has 2 fully saturated rings. The molecule has 6 nitrogen and oxygen atoms in total. The molecule has 1 saturated heterocycles. The molecule has 2 aliphatic carbocycles. The number of alkyl halides is 7. The Morgan fingerprint density at radius 3 is 2.00 bits per heavy atom. The number of sulfone groups is 1. The SMILES string of the molecule is C[C@]1(C(=O)N2CC[C@@]3(S(=O)(=O)c4ccc(F)cc4)c4ccc(C(F)(C(F)(F)F)C(F)(F)F)cc4CC[C@@H]23)CC[C@H](C(N)=O)CC1. The van der Waals surface area contributed by atoms with E-state index in [9.17, 15) is 48.7 Å². The molecule has 0 unspecified atom stereocenters. The zero-order chi connectivity index (χ0) is 33.4. The fourth-order valence-corrected chi connectivity index (χ4v) is 9.76. The number of halogens is 8. The summed E-state index contributed by atoms with van der Waals surface area (Å²) in [6.07, 6.45) is -12.2. The van der Waals surface area contributed by atoms with E-state index in [1.807, 2.05) is 0 Å². The van der Waals surface area contributed by atoms with Crippen molar-refractivity contribution in [3.05, 3.63) is 65.0 Å². The van der Waals surface area contributed by atoms with E-state index in [2.05, 4.69) is 0 Å². The van der Waals surface area contributed by atoms with Crippen LogP contribution in [-0.4, -0.2) is 50.1 Å². The Kier molecular flexibility index (Phi) is 7.85. The maximum absolute atomic E-state index is 15.0. The topological polar surface area (TPSA) is 97.5 Å². The Hall–Kier alpha value is -3.23. The highest BCUT2D eigenvalue weighted by Crippen LogP contribution is 2.57. The molecule has 1 heterocycles. The number of carbonyl (C=O) groups excluding carboxylic acids is 2. The molecule has 0 radical (unpaired) electrons. The summed E-state index contributed by atoms with van der Waals surface area (Å²) in [6, 6.07) is 4.16. The Morgan fingerprint density at radius 1 is 0.889 bits per heavy atom. The van der Waals surface area contributed by atoms with Crippen molar-refractivity contribution >= 4 is 21.7 Å². The predicted molar refractivity (Wildman–Crippen MR) is 144 cm³/mol. The summed E-state index contributed by atoms with van der Waals surface area (Å²) < 4.78 is 137. The summed E-state index contributed by atoms with van der Waals surface area (Å²) in [5.41, 5.74) is -3.38. The van der Waals surface area contributed by atoms with E-state index in [0.29, 0.717) is 25.0 Å². The molecule has 2 N–H and O–H groups in total. The molecule has 2 aromatic carbocycles. The molecule has 1 aliphatic heterocycles. The zero-order valence-corrected chi connectivity index (χ0v) is 24.8. The van der Waals surface area contributed by atoms with Crippen LogP contribution in [0.2, 0.25) is 0 Å². The fraction of sp³-hybridized carbons (Fsp3) is 0.533. The average molecular weight is 667 g/mol. The van der Waals surface area contributed by atoms with Crippen LogP contribution >= 0.6 is 0 Å². The van der Waals surface area contributed by atoms with Crippen LogP contribution in [0.5, 0.6) is 0 Å². The van der Waals surface area contributed by atoms with Crippen LogP contribution in [0.3, 0.4) is 0 Å². The largest absolute Gasteiger partial charge is 0.435 e. The molecule has 0 aromatic heterocycles. The van der Waals surface area contributed by atoms with Gasteiger partial charge in [0.15, 0.2) is 9.84 Å². The third-order valence-corrected chi connectivity index (χ3v) is 12.5. The predicted octanol–water partition coefficient (Wildman–Crippen LogP) is 6.01. The van der Waals surface area contributed by atoms with Gasteiger partial charge >= 0.3 is 18.0 Å². The first-order chi connectivity index (χ1) is 20.7. The summed E-state index contributed by atoms with van der Waals surface area (Å²) in [5.74, 6) is -2.07. The number of rotatable bonds is 5. The molecule has 246 valence electrons. The summed E-state index contributed by atoms with van der Waals surface area (Å²) in [6.45, 7) is 1.58. The highest BCUT2D eigenvalue weighted by atomic mass is 32.2. The van der Waals surface area contributed by atoms with Gasteiger partial charge in [0, 0.05) is 23.4 Å². The van der Waals surface area contributed by atoms with Crippen molar-refractivity contribution in [3.8, 4) is 0 Å². The van der Waals surface area contributed by atoms with Crippen LogP contribution in [0.4, 0.5) is 35.1 Å². The molecule has 1 saturated carbocycles. The van der Waals surface area contributed by atoms with Crippen molar-refractivity contribution in [2.24, 2.45) is 17.1 Å². The molecule has 3 aliphatic rings. The van der Waals surface area contributed by atoms with Crippen LogP contribution < -0.4 is 5.73 Å². The first-order valence-corrected chi connectivity index (χ1v) is 15.8. The van der Waals surface area contributed by atoms with Crippen molar-refractivity contribution in [2.75, 3.05) is 6.54 Å². The fourth-order valence-electron chi connectivity index (χ4n) is 7.40. The molecule has 0 spiro atoms. The molecule has 2 amide bonds. The molecule has 15 heteroatoms. The molecule has 2 atom stereocenters. The number of amides is 2. The maximum Gasteiger partial charge on any atom is 0.435 e. The van der Waals surface area contributed by atoms with E-state index in [1.165, 1.54) is 4.90 Å². The van der Waals surface area contributed by atoms with E-state index in [1.54, 1.807) is 6.92 Å². The smallest absolute Gasteiger partial charge is 0.369 e. The minimum absolute atomic E-state index is 0.113. The van der Waals surface area contributed by atoms with Gasteiger partial charge in [-0.15, -0.1) is 0 Å². The number of hydrogen-bond donors (Lipinski definition) is 1. The number of hydrogen-bond acceptors (Lipinski definition) is 4. The van der Waals surface area contributed by atoms with Gasteiger partial charge in [-0.05, 0) is 80.3 Å². The van der Waals surface area contributed by atoms with Crippen LogP contribution in [0.25, 0.3) is 0 Å². The normalized spacial score (nSPS) is 27.5. The third kappa shape index (κ3) is 4.91. The molecule has 45 heavy (non-hydrogen) atoms. The van der Waals surface area contributed by atoms with Gasteiger partial charge in [-0.25, -0.2) is 17.2 Å². The summed E-state index contributed by atoms with van der Waals surface area (Å²) in [7, 11) is -4.59. The first kappa shape index (κ1) is 33.1. The number of benzene rings is 2. The summed E-state index contributed by atoms with van der Waals surface area (Å²) >= 11 is 0. The van der Waals surface area contributed by atoms with E-state index >= 15 is 4.39 Å². The van der Waals surface area contributed by atoms with Crippen LogP contribution in [0, 0.1) is 17.2 Å². The second-order valence-electron chi connectivity index (χ2n) is 12.4. The highest BCUT2D eigenvalue weighted by Gasteiger charge is 2.74. The second-order valence-corrected chi connectivity index (χ2v) is 14.6. The molecule has 2 aromatic rings. The molecular weight excluding hydrogens is 636 g/mol. The minimum atomic E-state index is -6.37. The number of carbonyl (C=O) groups is 2. The Morgan fingerprint density at radius 2 is 1.47 bits per heavy atom. The van der Waals surface area contributed by atoms with Crippen molar-refractivity contribution in [1.29, 1.82) is 0 Å². The quantitative estimate of drug-likeness (QED) is 0.312. The standard InChI is InChI=1S/C30H30F8N2O4S/c1-26(12-10-17(11-13-26)24(39)41)25(42)40-15-14-27(45(43,44)21-6-4-20(31)5-7-21)22-8-3-19(16-18(22)2-9-23(27)40)28(32,29(33,34)35)30(36,37)38/h3-8,16-17,23H,2,9-15H2,1H3,(H2,39,41)/t17-,23-,26-,27-/m1/s1. The molecular formula is C30H30F8N2O4S. The van der Waals surface area contributed by atoms with Gasteiger partial charge < -0.3 is 10.6 Å². The van der Waals surface area contributed by atoms with Gasteiger partial charge in [0.2, 0.25) is 11.8 Å². The van der Waals surface area contributed by atoms with E-state index in [4.69, 9.17) is 5.73 Å². The van der Waals surface area contributed by atoms with Gasteiger partial charge in [0.25, 0.3) is 0 Å². The summed E-state index contributed by atoms with van der Waals surface area (Å²) in [5, 5.41) is 0. The lowest BCUT2D eigenvalue weighted by Gasteiger charge is -2.45. The van der Waals surface area contributed by atoms with E-state index in [0.717, 1.165) is 30.3 Å². The van der Waals surface area contributed by atoms with Gasteiger partial charge in [0.1, 0.15) is 10.6 Å². The van der Waals surface area contributed by atoms with Gasteiger partial charge in [0.05, 0.1) is 10.9 Å². The van der Waals surface area contributed by atoms with E-state index < -0.39 is 73.2 Å². The van der Waals surface area contributed by atoms with Crippen LogP contribution in [0.15, 0.2) is 47.4 Å². The average Bonchev–Trinajstić information content (AvgIpc) is 3.37. The number of nitrogens with two attached hydrogens (primary N) is 1. The highest BCUT2D eigenvalue weighted by molar-refractivity contribution is 7.92. The number of nitrogens with zero attached hydrogens (tertiary/aromatic N) is 1. The number of primary amides is 1. The Bertz CT molecular complexity index is 1600. The maximum atomic E-state index is 15.0. The Balaban J connectivity index is 1.64. The molecule has 0 bridgehead atoms. The van der Waals surface area contributed by atoms with Crippen LogP contribution in [-0.2, 0) is 36.3 Å². The van der Waals surface area contributed by atoms with Gasteiger partial charge in [-0.2, -0.15) is 26.3 Å². The number of fused-ring (bicyclic) bond motifs is 3. The zero-order valence-electron chi connectivity index (χ0n) is 23.9. The second kappa shape index (κ2) is 10.7. The van der Waals surface area contributed by atoms with Crippen molar-refractivity contribution in [2.45, 2.75) is 85.6 Å². The Labute approximate surface area is 253 Å². The third-order valence-electron chi connectivity index (χ3n) is 9.94. The van der Waals surface area contributed by atoms with Gasteiger partial charge in [-0.1, -0.05) is 25.1 Å². The molecule has 5 rings (SSSR count). The van der Waals surface area contributed by atoms with Crippen LogP contribution in [0.1, 0.15) is 62.1 Å². The lowest BCUT2D eigenvalue weighted by molar-refractivity contribution is -0.348. The number of aryl methyl sites for hydroxylation is 1. The van der Waals surface area contributed by atoms with Crippen molar-refractivity contribution in [3.63, 3.8) is 0 Å². The monoisotopic (exact) mass is 666 g/mol. The lowest BCUT2D eigenvalue weighted by Crippen LogP contribution is -2.55. The minimum Gasteiger partial charge on any atom is -0.369 e. The summed E-state index contributed by atoms with van der Waals surface area (Å²) in [4.78, 5) is 26.8.